The van der Waals surface area contributed by atoms with E-state index in [9.17, 15) is 9.90 Å². The summed E-state index contributed by atoms with van der Waals surface area (Å²) >= 11 is 0. The SMILES string of the molecule is CCCOC(=O)C(C)[O]. The minimum atomic E-state index is -1.24. The largest absolute Gasteiger partial charge is 0.464 e. The Hall–Kier alpha value is -0.570. The zero-order chi connectivity index (χ0) is 7.28. The van der Waals surface area contributed by atoms with Gasteiger partial charge in [0, 0.05) is 0 Å². The van der Waals surface area contributed by atoms with E-state index < -0.39 is 12.1 Å². The topological polar surface area (TPSA) is 46.2 Å². The van der Waals surface area contributed by atoms with E-state index in [-0.39, 0.29) is 0 Å². The van der Waals surface area contributed by atoms with Crippen molar-refractivity contribution >= 4 is 5.97 Å². The van der Waals surface area contributed by atoms with E-state index in [0.29, 0.717) is 6.61 Å². The van der Waals surface area contributed by atoms with Gasteiger partial charge in [-0.05, 0) is 13.3 Å². The molecule has 0 N–H and O–H groups in total. The van der Waals surface area contributed by atoms with Crippen LogP contribution in [0.25, 0.3) is 0 Å². The van der Waals surface area contributed by atoms with Crippen molar-refractivity contribution in [3.63, 3.8) is 0 Å². The van der Waals surface area contributed by atoms with E-state index in [4.69, 9.17) is 0 Å². The normalized spacial score (nSPS) is 12.8. The van der Waals surface area contributed by atoms with Crippen molar-refractivity contribution in [2.24, 2.45) is 0 Å². The Labute approximate surface area is 54.6 Å². The summed E-state index contributed by atoms with van der Waals surface area (Å²) < 4.78 is 4.50. The first kappa shape index (κ1) is 8.43. The number of hydrogen-bond donors (Lipinski definition) is 0. The molecule has 0 amide bonds. The van der Waals surface area contributed by atoms with Crippen molar-refractivity contribution < 1.29 is 14.6 Å². The van der Waals surface area contributed by atoms with Crippen molar-refractivity contribution in [1.82, 2.24) is 0 Å². The summed E-state index contributed by atoms with van der Waals surface area (Å²) in [6.07, 6.45) is -0.477. The van der Waals surface area contributed by atoms with Gasteiger partial charge in [0.15, 0.2) is 6.10 Å². The molecule has 53 valence electrons. The number of hydrogen-bond acceptors (Lipinski definition) is 2. The minimum absolute atomic E-state index is 0.353. The molecule has 0 fully saturated rings. The van der Waals surface area contributed by atoms with Crippen LogP contribution in [0.5, 0.6) is 0 Å². The Kier molecular flexibility index (Phi) is 4.05. The molecule has 0 aromatic rings. The van der Waals surface area contributed by atoms with Gasteiger partial charge in [-0.3, -0.25) is 0 Å². The molecular weight excluding hydrogens is 120 g/mol. The molecule has 1 atom stereocenters. The second kappa shape index (κ2) is 4.32. The Balaban J connectivity index is 3.28. The lowest BCUT2D eigenvalue weighted by Gasteiger charge is -2.01. The van der Waals surface area contributed by atoms with Crippen molar-refractivity contribution in [3.05, 3.63) is 0 Å². The van der Waals surface area contributed by atoms with Crippen molar-refractivity contribution in [3.8, 4) is 0 Å². The molecule has 0 aliphatic carbocycles. The third-order valence-electron chi connectivity index (χ3n) is 0.780. The van der Waals surface area contributed by atoms with Gasteiger partial charge in [-0.1, -0.05) is 6.92 Å². The summed E-state index contributed by atoms with van der Waals surface area (Å²) in [7, 11) is 0. The predicted molar refractivity (Wildman–Crippen MR) is 31.4 cm³/mol. The minimum Gasteiger partial charge on any atom is -0.464 e. The highest BCUT2D eigenvalue weighted by Gasteiger charge is 2.10. The van der Waals surface area contributed by atoms with Crippen LogP contribution in [0.1, 0.15) is 20.3 Å². The van der Waals surface area contributed by atoms with Gasteiger partial charge in [-0.2, -0.15) is 0 Å². The van der Waals surface area contributed by atoms with Gasteiger partial charge in [0.2, 0.25) is 0 Å². The van der Waals surface area contributed by atoms with Crippen LogP contribution in [0.15, 0.2) is 0 Å². The van der Waals surface area contributed by atoms with Gasteiger partial charge in [-0.25, -0.2) is 9.90 Å². The highest BCUT2D eigenvalue weighted by molar-refractivity contribution is 5.73. The molecule has 0 bridgehead atoms. The number of carbonyl (C=O) groups is 1. The number of rotatable bonds is 3. The maximum absolute atomic E-state index is 10.4. The summed E-state index contributed by atoms with van der Waals surface area (Å²) in [6, 6.07) is 0. The van der Waals surface area contributed by atoms with Crippen LogP contribution in [0.3, 0.4) is 0 Å². The third kappa shape index (κ3) is 3.97. The highest BCUT2D eigenvalue weighted by atomic mass is 16.5. The molecule has 0 aromatic heterocycles. The Morgan fingerprint density at radius 3 is 2.56 bits per heavy atom. The van der Waals surface area contributed by atoms with Crippen LogP contribution in [-0.2, 0) is 14.6 Å². The standard InChI is InChI=1S/C6H11O3/c1-3-4-9-6(8)5(2)7/h5H,3-4H2,1-2H3. The maximum Gasteiger partial charge on any atom is 0.338 e. The molecule has 0 aromatic carbocycles. The molecule has 0 rings (SSSR count). The molecule has 0 aliphatic heterocycles. The van der Waals surface area contributed by atoms with Gasteiger partial charge >= 0.3 is 5.97 Å². The molecular formula is C6H11O3. The van der Waals surface area contributed by atoms with E-state index in [1.807, 2.05) is 6.92 Å². The van der Waals surface area contributed by atoms with Gasteiger partial charge in [-0.15, -0.1) is 0 Å². The fourth-order valence-electron chi connectivity index (χ4n) is 0.320. The average molecular weight is 131 g/mol. The first-order valence-electron chi connectivity index (χ1n) is 3.01. The van der Waals surface area contributed by atoms with Crippen LogP contribution in [-0.4, -0.2) is 18.7 Å². The lowest BCUT2D eigenvalue weighted by molar-refractivity contribution is -0.155. The smallest absolute Gasteiger partial charge is 0.338 e. The predicted octanol–water partition coefficient (Wildman–Crippen LogP) is 0.759. The molecule has 1 radical (unpaired) electrons. The molecule has 0 spiro atoms. The van der Waals surface area contributed by atoms with Crippen molar-refractivity contribution in [2.45, 2.75) is 26.4 Å². The zero-order valence-electron chi connectivity index (χ0n) is 5.72. The Morgan fingerprint density at radius 2 is 2.22 bits per heavy atom. The Morgan fingerprint density at radius 1 is 1.67 bits per heavy atom. The molecule has 0 aliphatic rings. The number of ether oxygens (including phenoxy) is 1. The summed E-state index contributed by atoms with van der Waals surface area (Å²) in [5.74, 6) is -0.656. The first-order valence-corrected chi connectivity index (χ1v) is 3.01. The maximum atomic E-state index is 10.4. The second-order valence-electron chi connectivity index (χ2n) is 1.81. The fourth-order valence-corrected chi connectivity index (χ4v) is 0.320. The number of esters is 1. The van der Waals surface area contributed by atoms with Gasteiger partial charge in [0.1, 0.15) is 0 Å². The molecule has 9 heavy (non-hydrogen) atoms. The molecule has 1 unspecified atom stereocenters. The van der Waals surface area contributed by atoms with E-state index in [1.54, 1.807) is 0 Å². The average Bonchev–Trinajstić information content (AvgIpc) is 1.82. The lowest BCUT2D eigenvalue weighted by Crippen LogP contribution is -2.18. The second-order valence-corrected chi connectivity index (χ2v) is 1.81. The summed E-state index contributed by atoms with van der Waals surface area (Å²) in [5.41, 5.74) is 0. The molecule has 0 saturated heterocycles. The van der Waals surface area contributed by atoms with Crippen LogP contribution < -0.4 is 0 Å². The highest BCUT2D eigenvalue weighted by Crippen LogP contribution is 1.88. The van der Waals surface area contributed by atoms with Gasteiger partial charge < -0.3 is 4.74 Å². The monoisotopic (exact) mass is 131 g/mol. The van der Waals surface area contributed by atoms with Crippen molar-refractivity contribution in [2.75, 3.05) is 6.61 Å². The van der Waals surface area contributed by atoms with E-state index in [2.05, 4.69) is 4.74 Å². The van der Waals surface area contributed by atoms with E-state index in [0.717, 1.165) is 6.42 Å². The van der Waals surface area contributed by atoms with E-state index in [1.165, 1.54) is 6.92 Å². The summed E-state index contributed by atoms with van der Waals surface area (Å²) in [5, 5.41) is 10.3. The van der Waals surface area contributed by atoms with Crippen LogP contribution in [0, 0.1) is 0 Å². The summed E-state index contributed by atoms with van der Waals surface area (Å²) in [6.45, 7) is 3.51. The van der Waals surface area contributed by atoms with Gasteiger partial charge in [0.25, 0.3) is 0 Å². The molecule has 0 saturated carbocycles. The van der Waals surface area contributed by atoms with Crippen LogP contribution in [0.4, 0.5) is 0 Å². The Bertz CT molecular complexity index is 88.3. The van der Waals surface area contributed by atoms with Crippen molar-refractivity contribution in [1.29, 1.82) is 0 Å². The van der Waals surface area contributed by atoms with Crippen LogP contribution in [0.2, 0.25) is 0 Å². The molecule has 0 heterocycles. The fraction of sp³-hybridized carbons (Fsp3) is 0.833. The van der Waals surface area contributed by atoms with E-state index >= 15 is 0 Å². The lowest BCUT2D eigenvalue weighted by atomic mass is 10.4. The number of carbonyl (C=O) groups excluding carboxylic acids is 1. The molecule has 3 nitrogen and oxygen atoms in total. The van der Waals surface area contributed by atoms with Gasteiger partial charge in [0.05, 0.1) is 6.61 Å². The molecule has 3 heteroatoms. The third-order valence-corrected chi connectivity index (χ3v) is 0.780. The summed E-state index contributed by atoms with van der Waals surface area (Å²) in [4.78, 5) is 10.4. The zero-order valence-corrected chi connectivity index (χ0v) is 5.72. The first-order chi connectivity index (χ1) is 4.18. The van der Waals surface area contributed by atoms with Crippen LogP contribution >= 0.6 is 0 Å². The quantitative estimate of drug-likeness (QED) is 0.531.